The van der Waals surface area contributed by atoms with Crippen LogP contribution >= 0.6 is 0 Å². The average molecular weight is 314 g/mol. The fourth-order valence-corrected chi connectivity index (χ4v) is 2.73. The fourth-order valence-electron chi connectivity index (χ4n) is 2.73. The Morgan fingerprint density at radius 2 is 2.09 bits per heavy atom. The molecule has 23 heavy (non-hydrogen) atoms. The molecular formula is C18H22N2O3. The van der Waals surface area contributed by atoms with Gasteiger partial charge in [0.25, 0.3) is 0 Å². The molecule has 2 amide bonds. The molecule has 0 saturated carbocycles. The van der Waals surface area contributed by atoms with Crippen molar-refractivity contribution in [3.8, 4) is 5.75 Å². The lowest BCUT2D eigenvalue weighted by Crippen LogP contribution is -2.37. The highest BCUT2D eigenvalue weighted by Crippen LogP contribution is 2.28. The van der Waals surface area contributed by atoms with Gasteiger partial charge in [-0.05, 0) is 12.1 Å². The summed E-state index contributed by atoms with van der Waals surface area (Å²) in [6.45, 7) is 8.63. The summed E-state index contributed by atoms with van der Waals surface area (Å²) in [4.78, 5) is 28.2. The molecule has 1 fully saturated rings. The Kier molecular flexibility index (Phi) is 5.57. The molecule has 0 aliphatic carbocycles. The van der Waals surface area contributed by atoms with Crippen LogP contribution in [0.2, 0.25) is 0 Å². The number of benzene rings is 1. The number of nitrogens with zero attached hydrogens (tertiary/aromatic N) is 2. The van der Waals surface area contributed by atoms with Crippen molar-refractivity contribution in [2.24, 2.45) is 5.92 Å². The number of carbonyl (C=O) groups excluding carboxylic acids is 2. The third-order valence-electron chi connectivity index (χ3n) is 3.85. The first-order chi connectivity index (χ1) is 11.1. The van der Waals surface area contributed by atoms with Crippen molar-refractivity contribution < 1.29 is 14.3 Å². The van der Waals surface area contributed by atoms with E-state index in [0.29, 0.717) is 25.4 Å². The Labute approximate surface area is 136 Å². The molecule has 1 atom stereocenters. The summed E-state index contributed by atoms with van der Waals surface area (Å²) in [5.41, 5.74) is 0.753. The van der Waals surface area contributed by atoms with Gasteiger partial charge in [0.1, 0.15) is 5.75 Å². The van der Waals surface area contributed by atoms with Gasteiger partial charge < -0.3 is 14.5 Å². The number of ether oxygens (including phenoxy) is 1. The minimum atomic E-state index is -0.339. The average Bonchev–Trinajstić information content (AvgIpc) is 2.96. The molecule has 122 valence electrons. The maximum absolute atomic E-state index is 12.6. The molecule has 5 heteroatoms. The lowest BCUT2D eigenvalue weighted by atomic mass is 10.1. The Hall–Kier alpha value is -2.56. The molecule has 1 aliphatic heterocycles. The van der Waals surface area contributed by atoms with Gasteiger partial charge in [-0.3, -0.25) is 9.59 Å². The van der Waals surface area contributed by atoms with Gasteiger partial charge in [-0.25, -0.2) is 0 Å². The van der Waals surface area contributed by atoms with Gasteiger partial charge in [0.2, 0.25) is 11.8 Å². The monoisotopic (exact) mass is 314 g/mol. The first-order valence-electron chi connectivity index (χ1n) is 7.55. The van der Waals surface area contributed by atoms with Crippen molar-refractivity contribution in [2.45, 2.75) is 6.42 Å². The van der Waals surface area contributed by atoms with E-state index in [9.17, 15) is 9.59 Å². The maximum Gasteiger partial charge on any atom is 0.228 e. The highest BCUT2D eigenvalue weighted by Gasteiger charge is 2.36. The minimum absolute atomic E-state index is 0.0384. The molecule has 5 nitrogen and oxygen atoms in total. The van der Waals surface area contributed by atoms with E-state index in [1.165, 1.54) is 0 Å². The maximum atomic E-state index is 12.6. The Morgan fingerprint density at radius 1 is 1.39 bits per heavy atom. The first-order valence-corrected chi connectivity index (χ1v) is 7.55. The Bertz CT molecular complexity index is 602. The van der Waals surface area contributed by atoms with E-state index in [0.717, 1.165) is 5.69 Å². The number of hydrogen-bond acceptors (Lipinski definition) is 3. The lowest BCUT2D eigenvalue weighted by molar-refractivity contribution is -0.134. The molecule has 0 radical (unpaired) electrons. The summed E-state index contributed by atoms with van der Waals surface area (Å²) in [6, 6.07) is 7.30. The summed E-state index contributed by atoms with van der Waals surface area (Å²) >= 11 is 0. The zero-order valence-corrected chi connectivity index (χ0v) is 13.4. The quantitative estimate of drug-likeness (QED) is 0.725. The normalized spacial score (nSPS) is 17.0. The van der Waals surface area contributed by atoms with Crippen molar-refractivity contribution in [1.82, 2.24) is 4.90 Å². The zero-order valence-electron chi connectivity index (χ0n) is 13.4. The molecule has 0 aromatic heterocycles. The second kappa shape index (κ2) is 7.63. The Balaban J connectivity index is 2.13. The van der Waals surface area contributed by atoms with Crippen molar-refractivity contribution in [3.63, 3.8) is 0 Å². The second-order valence-corrected chi connectivity index (χ2v) is 5.43. The molecular weight excluding hydrogens is 292 g/mol. The van der Waals surface area contributed by atoms with Crippen LogP contribution in [0, 0.1) is 5.92 Å². The van der Waals surface area contributed by atoms with Gasteiger partial charge in [-0.1, -0.05) is 18.2 Å². The topological polar surface area (TPSA) is 49.9 Å². The number of carbonyl (C=O) groups is 2. The molecule has 1 aromatic carbocycles. The number of anilines is 1. The van der Waals surface area contributed by atoms with Crippen LogP contribution in [0.4, 0.5) is 5.69 Å². The first kappa shape index (κ1) is 16.8. The summed E-state index contributed by atoms with van der Waals surface area (Å²) < 4.78 is 5.19. The predicted octanol–water partition coefficient (Wildman–Crippen LogP) is 2.25. The SMILES string of the molecule is C=CCN(CC=C)C(=O)C1CC(=O)N(c2cccc(OC)c2)C1. The number of hydrogen-bond donors (Lipinski definition) is 0. The van der Waals surface area contributed by atoms with E-state index in [1.807, 2.05) is 18.2 Å². The van der Waals surface area contributed by atoms with Gasteiger partial charge in [-0.2, -0.15) is 0 Å². The largest absolute Gasteiger partial charge is 0.497 e. The van der Waals surface area contributed by atoms with Crippen LogP contribution in [0.15, 0.2) is 49.6 Å². The second-order valence-electron chi connectivity index (χ2n) is 5.43. The van der Waals surface area contributed by atoms with Gasteiger partial charge in [0, 0.05) is 37.8 Å². The molecule has 0 N–H and O–H groups in total. The summed E-state index contributed by atoms with van der Waals surface area (Å²) in [5.74, 6) is 0.260. The molecule has 1 aliphatic rings. The van der Waals surface area contributed by atoms with E-state index in [2.05, 4.69) is 13.2 Å². The van der Waals surface area contributed by atoms with E-state index in [-0.39, 0.29) is 24.2 Å². The van der Waals surface area contributed by atoms with Crippen molar-refractivity contribution in [2.75, 3.05) is 31.6 Å². The molecule has 1 unspecified atom stereocenters. The third kappa shape index (κ3) is 3.80. The molecule has 2 rings (SSSR count). The molecule has 0 bridgehead atoms. The van der Waals surface area contributed by atoms with Crippen LogP contribution in [0.5, 0.6) is 5.75 Å². The predicted molar refractivity (Wildman–Crippen MR) is 90.4 cm³/mol. The van der Waals surface area contributed by atoms with Crippen LogP contribution in [0.1, 0.15) is 6.42 Å². The van der Waals surface area contributed by atoms with E-state index < -0.39 is 0 Å². The van der Waals surface area contributed by atoms with Gasteiger partial charge >= 0.3 is 0 Å². The van der Waals surface area contributed by atoms with Gasteiger partial charge in [0.15, 0.2) is 0 Å². The van der Waals surface area contributed by atoms with E-state index >= 15 is 0 Å². The standard InChI is InChI=1S/C18H22N2O3/c1-4-9-19(10-5-2)18(22)14-11-17(21)20(13-14)15-7-6-8-16(12-15)23-3/h4-8,12,14H,1-2,9-11,13H2,3H3. The van der Waals surface area contributed by atoms with Crippen molar-refractivity contribution >= 4 is 17.5 Å². The summed E-state index contributed by atoms with van der Waals surface area (Å²) in [7, 11) is 1.58. The smallest absolute Gasteiger partial charge is 0.228 e. The Morgan fingerprint density at radius 3 is 2.70 bits per heavy atom. The zero-order chi connectivity index (χ0) is 16.8. The van der Waals surface area contributed by atoms with Crippen LogP contribution in [0.25, 0.3) is 0 Å². The molecule has 1 heterocycles. The van der Waals surface area contributed by atoms with E-state index in [4.69, 9.17) is 4.74 Å². The van der Waals surface area contributed by atoms with Crippen molar-refractivity contribution in [1.29, 1.82) is 0 Å². The number of amides is 2. The van der Waals surface area contributed by atoms with Crippen LogP contribution in [-0.2, 0) is 9.59 Å². The van der Waals surface area contributed by atoms with Gasteiger partial charge in [0.05, 0.1) is 13.0 Å². The number of rotatable bonds is 7. The molecule has 0 spiro atoms. The van der Waals surface area contributed by atoms with Crippen LogP contribution in [0.3, 0.4) is 0 Å². The van der Waals surface area contributed by atoms with Crippen molar-refractivity contribution in [3.05, 3.63) is 49.6 Å². The molecule has 1 saturated heterocycles. The highest BCUT2D eigenvalue weighted by molar-refractivity contribution is 6.00. The van der Waals surface area contributed by atoms with Crippen LogP contribution in [-0.4, -0.2) is 43.5 Å². The van der Waals surface area contributed by atoms with E-state index in [1.54, 1.807) is 35.1 Å². The van der Waals surface area contributed by atoms with Crippen LogP contribution < -0.4 is 9.64 Å². The fraction of sp³-hybridized carbons (Fsp3) is 0.333. The summed E-state index contributed by atoms with van der Waals surface area (Å²) in [6.07, 6.45) is 3.58. The minimum Gasteiger partial charge on any atom is -0.497 e. The van der Waals surface area contributed by atoms with Gasteiger partial charge in [-0.15, -0.1) is 13.2 Å². The summed E-state index contributed by atoms with van der Waals surface area (Å²) in [5, 5.41) is 0. The lowest BCUT2D eigenvalue weighted by Gasteiger charge is -2.23. The highest BCUT2D eigenvalue weighted by atomic mass is 16.5. The third-order valence-corrected chi connectivity index (χ3v) is 3.85. The number of methoxy groups -OCH3 is 1. The molecule has 1 aromatic rings.